The first-order valence-electron chi connectivity index (χ1n) is 8.56. The average molecular weight is 379 g/mol. The molecule has 0 radical (unpaired) electrons. The molecule has 1 unspecified atom stereocenters. The van der Waals surface area contributed by atoms with E-state index in [2.05, 4.69) is 20.6 Å². The third-order valence-corrected chi connectivity index (χ3v) is 4.38. The van der Waals surface area contributed by atoms with Crippen LogP contribution in [0.3, 0.4) is 0 Å². The molecule has 0 saturated carbocycles. The predicted octanol–water partition coefficient (Wildman–Crippen LogP) is 2.85. The number of anilines is 3. The first-order valence-corrected chi connectivity index (χ1v) is 8.56. The lowest BCUT2D eigenvalue weighted by molar-refractivity contribution is -0.0394. The van der Waals surface area contributed by atoms with E-state index < -0.39 is 11.8 Å². The van der Waals surface area contributed by atoms with Crippen molar-refractivity contribution in [1.82, 2.24) is 14.9 Å². The molecule has 1 fully saturated rings. The molecule has 27 heavy (non-hydrogen) atoms. The average Bonchev–Trinajstić information content (AvgIpc) is 2.91. The smallest absolute Gasteiger partial charge is 0.267 e. The van der Waals surface area contributed by atoms with Crippen LogP contribution in [-0.2, 0) is 0 Å². The summed E-state index contributed by atoms with van der Waals surface area (Å²) in [5.74, 6) is -1.69. The van der Waals surface area contributed by atoms with Gasteiger partial charge >= 0.3 is 0 Å². The maximum absolute atomic E-state index is 14.0. The van der Waals surface area contributed by atoms with Crippen molar-refractivity contribution >= 4 is 17.5 Å². The standard InChI is InChI=1S/C18H23F2N5O2/c1-21-16-6-7-22-17(24-16)23-13-4-5-14(26-3)15(8-13)27-10-12-9-25(2)11-18(12,19)20/h4-8,12H,9-11H2,1-3H3,(H2,21,22,23,24). The molecule has 146 valence electrons. The van der Waals surface area contributed by atoms with E-state index >= 15 is 0 Å². The summed E-state index contributed by atoms with van der Waals surface area (Å²) in [6.45, 7) is -0.0559. The zero-order chi connectivity index (χ0) is 19.4. The van der Waals surface area contributed by atoms with Crippen molar-refractivity contribution in [3.05, 3.63) is 30.5 Å². The Morgan fingerprint density at radius 2 is 2.11 bits per heavy atom. The monoisotopic (exact) mass is 379 g/mol. The van der Waals surface area contributed by atoms with Gasteiger partial charge in [0.05, 0.1) is 26.2 Å². The van der Waals surface area contributed by atoms with E-state index in [1.54, 1.807) is 49.5 Å². The summed E-state index contributed by atoms with van der Waals surface area (Å²) in [7, 11) is 4.95. The van der Waals surface area contributed by atoms with Gasteiger partial charge in [-0.15, -0.1) is 0 Å². The molecular formula is C18H23F2N5O2. The number of hydrogen-bond donors (Lipinski definition) is 2. The fourth-order valence-electron chi connectivity index (χ4n) is 2.98. The number of benzene rings is 1. The van der Waals surface area contributed by atoms with Crippen LogP contribution in [0.15, 0.2) is 30.5 Å². The number of hydrogen-bond acceptors (Lipinski definition) is 7. The highest BCUT2D eigenvalue weighted by atomic mass is 19.3. The van der Waals surface area contributed by atoms with Crippen molar-refractivity contribution in [2.45, 2.75) is 5.92 Å². The SMILES string of the molecule is CNc1ccnc(Nc2ccc(OC)c(OCC3CN(C)CC3(F)F)c2)n1. The molecule has 2 N–H and O–H groups in total. The first kappa shape index (κ1) is 19.1. The van der Waals surface area contributed by atoms with E-state index in [9.17, 15) is 8.78 Å². The maximum atomic E-state index is 14.0. The largest absolute Gasteiger partial charge is 0.493 e. The van der Waals surface area contributed by atoms with Crippen LogP contribution in [0.2, 0.25) is 0 Å². The molecule has 0 spiro atoms. The summed E-state index contributed by atoms with van der Waals surface area (Å²) >= 11 is 0. The third kappa shape index (κ3) is 4.54. The number of ether oxygens (including phenoxy) is 2. The summed E-state index contributed by atoms with van der Waals surface area (Å²) in [6, 6.07) is 6.91. The van der Waals surface area contributed by atoms with Gasteiger partial charge in [0.1, 0.15) is 5.82 Å². The van der Waals surface area contributed by atoms with Gasteiger partial charge in [-0.2, -0.15) is 4.98 Å². The van der Waals surface area contributed by atoms with E-state index in [0.29, 0.717) is 29.0 Å². The Morgan fingerprint density at radius 3 is 2.78 bits per heavy atom. The Bertz CT molecular complexity index is 790. The number of rotatable bonds is 7. The van der Waals surface area contributed by atoms with Gasteiger partial charge in [0.2, 0.25) is 5.95 Å². The topological polar surface area (TPSA) is 71.5 Å². The Morgan fingerprint density at radius 1 is 1.30 bits per heavy atom. The highest BCUT2D eigenvalue weighted by Crippen LogP contribution is 2.35. The zero-order valence-corrected chi connectivity index (χ0v) is 15.5. The second-order valence-corrected chi connectivity index (χ2v) is 6.47. The van der Waals surface area contributed by atoms with Crippen LogP contribution in [0.4, 0.5) is 26.2 Å². The Kier molecular flexibility index (Phi) is 5.59. The minimum absolute atomic E-state index is 0.0944. The van der Waals surface area contributed by atoms with Gasteiger partial charge < -0.3 is 20.1 Å². The second-order valence-electron chi connectivity index (χ2n) is 6.47. The number of alkyl halides is 2. The van der Waals surface area contributed by atoms with Crippen LogP contribution >= 0.6 is 0 Å². The molecule has 0 bridgehead atoms. The molecule has 0 aliphatic carbocycles. The van der Waals surface area contributed by atoms with Crippen LogP contribution < -0.4 is 20.1 Å². The molecule has 0 amide bonds. The lowest BCUT2D eigenvalue weighted by atomic mass is 10.1. The van der Waals surface area contributed by atoms with Gasteiger partial charge in [-0.05, 0) is 25.2 Å². The normalized spacial score (nSPS) is 18.9. The highest BCUT2D eigenvalue weighted by molar-refractivity contribution is 5.60. The van der Waals surface area contributed by atoms with Gasteiger partial charge in [-0.1, -0.05) is 0 Å². The van der Waals surface area contributed by atoms with Crippen LogP contribution in [0.25, 0.3) is 0 Å². The zero-order valence-electron chi connectivity index (χ0n) is 15.5. The lowest BCUT2D eigenvalue weighted by Crippen LogP contribution is -2.31. The van der Waals surface area contributed by atoms with Gasteiger partial charge in [-0.3, -0.25) is 4.90 Å². The summed E-state index contributed by atoms with van der Waals surface area (Å²) < 4.78 is 39.0. The predicted molar refractivity (Wildman–Crippen MR) is 99.3 cm³/mol. The molecule has 2 aromatic rings. The van der Waals surface area contributed by atoms with Crippen molar-refractivity contribution in [3.8, 4) is 11.5 Å². The molecular weight excluding hydrogens is 356 g/mol. The molecule has 1 aliphatic rings. The van der Waals surface area contributed by atoms with Gasteiger partial charge in [0, 0.05) is 31.5 Å². The van der Waals surface area contributed by atoms with Crippen molar-refractivity contribution in [2.24, 2.45) is 5.92 Å². The van der Waals surface area contributed by atoms with Gasteiger partial charge in [-0.25, -0.2) is 13.8 Å². The van der Waals surface area contributed by atoms with Gasteiger partial charge in [0.15, 0.2) is 11.5 Å². The highest BCUT2D eigenvalue weighted by Gasteiger charge is 2.47. The first-order chi connectivity index (χ1) is 12.9. The number of aromatic nitrogens is 2. The molecule has 1 aliphatic heterocycles. The van der Waals surface area contributed by atoms with Gasteiger partial charge in [0.25, 0.3) is 5.92 Å². The molecule has 1 saturated heterocycles. The molecule has 1 aromatic heterocycles. The number of halogens is 2. The van der Waals surface area contributed by atoms with Crippen molar-refractivity contribution in [2.75, 3.05) is 51.5 Å². The van der Waals surface area contributed by atoms with Crippen molar-refractivity contribution in [1.29, 1.82) is 0 Å². The van der Waals surface area contributed by atoms with Crippen LogP contribution in [0.5, 0.6) is 11.5 Å². The fourth-order valence-corrected chi connectivity index (χ4v) is 2.98. The van der Waals surface area contributed by atoms with Crippen LogP contribution in [0, 0.1) is 5.92 Å². The molecule has 1 aromatic carbocycles. The molecule has 9 heteroatoms. The van der Waals surface area contributed by atoms with E-state index in [1.807, 2.05) is 0 Å². The lowest BCUT2D eigenvalue weighted by Gasteiger charge is -2.19. The molecule has 3 rings (SSSR count). The van der Waals surface area contributed by atoms with Crippen LogP contribution in [0.1, 0.15) is 0 Å². The van der Waals surface area contributed by atoms with E-state index in [-0.39, 0.29) is 19.7 Å². The summed E-state index contributed by atoms with van der Waals surface area (Å²) in [4.78, 5) is 10.0. The maximum Gasteiger partial charge on any atom is 0.267 e. The minimum atomic E-state index is -2.76. The Labute approximate surface area is 156 Å². The fraction of sp³-hybridized carbons (Fsp3) is 0.444. The van der Waals surface area contributed by atoms with Crippen molar-refractivity contribution < 1.29 is 18.3 Å². The molecule has 2 heterocycles. The van der Waals surface area contributed by atoms with Crippen molar-refractivity contribution in [3.63, 3.8) is 0 Å². The summed E-state index contributed by atoms with van der Waals surface area (Å²) in [5.41, 5.74) is 0.661. The van der Waals surface area contributed by atoms with E-state index in [1.165, 1.54) is 7.11 Å². The number of methoxy groups -OCH3 is 1. The molecule has 7 nitrogen and oxygen atoms in total. The number of likely N-dealkylation sites (tertiary alicyclic amines) is 1. The summed E-state index contributed by atoms with van der Waals surface area (Å²) in [5, 5.41) is 6.00. The molecule has 1 atom stereocenters. The van der Waals surface area contributed by atoms with Crippen LogP contribution in [-0.4, -0.2) is 61.7 Å². The van der Waals surface area contributed by atoms with E-state index in [4.69, 9.17) is 9.47 Å². The number of nitrogens with zero attached hydrogens (tertiary/aromatic N) is 3. The Balaban J connectivity index is 1.73. The summed E-state index contributed by atoms with van der Waals surface area (Å²) in [6.07, 6.45) is 1.63. The Hall–Kier alpha value is -2.68. The third-order valence-electron chi connectivity index (χ3n) is 4.38. The second kappa shape index (κ2) is 7.91. The number of nitrogens with one attached hydrogen (secondary N) is 2. The quantitative estimate of drug-likeness (QED) is 0.766. The van der Waals surface area contributed by atoms with E-state index in [0.717, 1.165) is 0 Å². The minimum Gasteiger partial charge on any atom is -0.493 e.